The predicted octanol–water partition coefficient (Wildman–Crippen LogP) is 10.6. The van der Waals surface area contributed by atoms with Crippen LogP contribution in [-0.2, 0) is 0 Å². The Morgan fingerprint density at radius 1 is 0.400 bits per heavy atom. The van der Waals surface area contributed by atoms with Crippen LogP contribution in [-0.4, -0.2) is 29.9 Å². The Balaban J connectivity index is 1.25. The molecule has 50 heavy (non-hydrogen) atoms. The van der Waals surface area contributed by atoms with E-state index >= 15 is 0 Å². The fraction of sp³-hybridized carbons (Fsp3) is 0.100. The molecule has 0 bridgehead atoms. The van der Waals surface area contributed by atoms with E-state index in [0.29, 0.717) is 44.7 Å². The summed E-state index contributed by atoms with van der Waals surface area (Å²) in [5.41, 5.74) is 12.9. The van der Waals surface area contributed by atoms with Gasteiger partial charge in [0.2, 0.25) is 0 Å². The predicted molar refractivity (Wildman–Crippen MR) is 202 cm³/mol. The van der Waals surface area contributed by atoms with E-state index in [-0.39, 0.29) is 0 Å². The van der Waals surface area contributed by atoms with Crippen LogP contribution in [0.1, 0.15) is 22.3 Å². The van der Waals surface area contributed by atoms with Gasteiger partial charge in [0.1, 0.15) is 33.1 Å². The molecule has 240 valence electrons. The second-order valence-electron chi connectivity index (χ2n) is 12.7. The number of nitrogens with zero attached hydrogens (tertiary/aromatic N) is 8. The van der Waals surface area contributed by atoms with Crippen LogP contribution in [0.3, 0.4) is 0 Å². The van der Waals surface area contributed by atoms with Gasteiger partial charge in [0, 0.05) is 32.0 Å². The maximum atomic E-state index is 5.37. The Hall–Kier alpha value is -5.58. The maximum Gasteiger partial charge on any atom is 0.157 e. The zero-order valence-corrected chi connectivity index (χ0v) is 29.3. The first kappa shape index (κ1) is 29.3. The average Bonchev–Trinajstić information content (AvgIpc) is 3.13. The quantitative estimate of drug-likeness (QED) is 0.164. The van der Waals surface area contributed by atoms with Crippen LogP contribution in [0, 0.1) is 27.7 Å². The zero-order chi connectivity index (χ0) is 33.7. The van der Waals surface area contributed by atoms with E-state index in [1.165, 1.54) is 19.6 Å². The standard InChI is InChI=1S/C40H28N8S2/c1-21-9-5-13-25-37(21)47(38-22(2)10-6-14-26(38)49-25)29-19-43-33-31-32(42-18-17-41-31)35-34(36(33)46-29)44-20-30(45-35)48-39-23(3)11-7-15-27(39)50-28-16-8-12-24(4)40(28)48/h5-20H,1-4H3. The highest BCUT2D eigenvalue weighted by atomic mass is 32.2. The van der Waals surface area contributed by atoms with Crippen LogP contribution in [0.5, 0.6) is 0 Å². The molecule has 0 saturated heterocycles. The molecule has 10 rings (SSSR count). The molecule has 8 aromatic rings. The summed E-state index contributed by atoms with van der Waals surface area (Å²) in [6.07, 6.45) is 7.10. The molecule has 0 radical (unpaired) electrons. The van der Waals surface area contributed by atoms with Crippen LogP contribution >= 0.6 is 23.5 Å². The molecule has 0 saturated carbocycles. The Kier molecular flexibility index (Phi) is 6.43. The van der Waals surface area contributed by atoms with Crippen molar-refractivity contribution in [2.75, 3.05) is 9.80 Å². The molecule has 0 aliphatic carbocycles. The lowest BCUT2D eigenvalue weighted by Gasteiger charge is -2.34. The van der Waals surface area contributed by atoms with E-state index in [1.54, 1.807) is 35.9 Å². The van der Waals surface area contributed by atoms with Crippen LogP contribution in [0.4, 0.5) is 34.4 Å². The molecule has 0 spiro atoms. The van der Waals surface area contributed by atoms with Crippen molar-refractivity contribution in [2.45, 2.75) is 47.3 Å². The summed E-state index contributed by atoms with van der Waals surface area (Å²) in [6, 6.07) is 25.7. The SMILES string of the molecule is Cc1cccc2c1N(c1cnc3c4nccnc4c4nc(N5c6c(C)cccc6Sc6cccc(C)c65)cnc4c3n1)c1c(C)cccc1S2. The van der Waals surface area contributed by atoms with E-state index in [2.05, 4.69) is 110 Å². The number of anilines is 6. The van der Waals surface area contributed by atoms with Crippen molar-refractivity contribution in [2.24, 2.45) is 0 Å². The Morgan fingerprint density at radius 2 is 0.720 bits per heavy atom. The normalized spacial score (nSPS) is 13.4. The third-order valence-electron chi connectivity index (χ3n) is 9.49. The van der Waals surface area contributed by atoms with Gasteiger partial charge in [0.05, 0.1) is 35.1 Å². The molecular weight excluding hydrogens is 657 g/mol. The van der Waals surface area contributed by atoms with Crippen molar-refractivity contribution in [3.8, 4) is 0 Å². The molecule has 3 aromatic heterocycles. The second-order valence-corrected chi connectivity index (χ2v) is 14.8. The van der Waals surface area contributed by atoms with Crippen LogP contribution in [0.25, 0.3) is 33.1 Å². The maximum absolute atomic E-state index is 5.37. The van der Waals surface area contributed by atoms with E-state index in [4.69, 9.17) is 29.9 Å². The average molecular weight is 685 g/mol. The first-order chi connectivity index (χ1) is 24.5. The molecule has 0 fully saturated rings. The van der Waals surface area contributed by atoms with Crippen LogP contribution < -0.4 is 9.80 Å². The molecule has 5 aromatic carbocycles. The highest BCUT2D eigenvalue weighted by Crippen LogP contribution is 2.55. The molecule has 10 heteroatoms. The van der Waals surface area contributed by atoms with Crippen molar-refractivity contribution < 1.29 is 0 Å². The molecule has 2 aliphatic heterocycles. The highest BCUT2D eigenvalue weighted by Gasteiger charge is 2.31. The van der Waals surface area contributed by atoms with Gasteiger partial charge in [-0.3, -0.25) is 19.8 Å². The van der Waals surface area contributed by atoms with Gasteiger partial charge in [0.15, 0.2) is 11.6 Å². The van der Waals surface area contributed by atoms with Gasteiger partial charge in [-0.1, -0.05) is 72.1 Å². The van der Waals surface area contributed by atoms with E-state index in [1.807, 2.05) is 12.4 Å². The number of hydrogen-bond donors (Lipinski definition) is 0. The van der Waals surface area contributed by atoms with Gasteiger partial charge >= 0.3 is 0 Å². The van der Waals surface area contributed by atoms with Gasteiger partial charge in [-0.25, -0.2) is 19.9 Å². The summed E-state index contributed by atoms with van der Waals surface area (Å²) >= 11 is 3.58. The minimum absolute atomic E-state index is 0.633. The lowest BCUT2D eigenvalue weighted by Crippen LogP contribution is -2.19. The second kappa shape index (κ2) is 11.0. The molecule has 0 atom stereocenters. The lowest BCUT2D eigenvalue weighted by atomic mass is 10.1. The molecule has 0 amide bonds. The summed E-state index contributed by atoms with van der Waals surface area (Å²) in [5.74, 6) is 1.42. The monoisotopic (exact) mass is 684 g/mol. The number of aromatic nitrogens is 6. The number of hydrogen-bond acceptors (Lipinski definition) is 10. The molecule has 8 nitrogen and oxygen atoms in total. The van der Waals surface area contributed by atoms with Crippen molar-refractivity contribution >= 4 is 91.0 Å². The van der Waals surface area contributed by atoms with Gasteiger partial charge in [0.25, 0.3) is 0 Å². The fourth-order valence-corrected chi connectivity index (χ4v) is 9.72. The van der Waals surface area contributed by atoms with Crippen molar-refractivity contribution in [3.05, 3.63) is 120 Å². The Morgan fingerprint density at radius 3 is 1.10 bits per heavy atom. The molecule has 0 N–H and O–H groups in total. The van der Waals surface area contributed by atoms with Crippen LogP contribution in [0.15, 0.2) is 117 Å². The summed E-state index contributed by atoms with van der Waals surface area (Å²) in [6.45, 7) is 8.59. The minimum Gasteiger partial charge on any atom is -0.291 e. The van der Waals surface area contributed by atoms with Gasteiger partial charge < -0.3 is 0 Å². The number of rotatable bonds is 2. The summed E-state index contributed by atoms with van der Waals surface area (Å²) in [4.78, 5) is 39.7. The topological polar surface area (TPSA) is 83.8 Å². The third-order valence-corrected chi connectivity index (χ3v) is 11.7. The third kappa shape index (κ3) is 4.21. The highest BCUT2D eigenvalue weighted by molar-refractivity contribution is 8.00. The van der Waals surface area contributed by atoms with E-state index in [0.717, 1.165) is 45.0 Å². The fourth-order valence-electron chi connectivity index (χ4n) is 7.26. The van der Waals surface area contributed by atoms with Crippen molar-refractivity contribution in [1.82, 2.24) is 29.9 Å². The molecular formula is C40H28N8S2. The smallest absolute Gasteiger partial charge is 0.157 e. The van der Waals surface area contributed by atoms with Crippen LogP contribution in [0.2, 0.25) is 0 Å². The van der Waals surface area contributed by atoms with E-state index < -0.39 is 0 Å². The number of benzene rings is 5. The minimum atomic E-state index is 0.633. The molecule has 5 heterocycles. The lowest BCUT2D eigenvalue weighted by molar-refractivity contribution is 1.07. The molecule has 0 unspecified atom stereocenters. The van der Waals surface area contributed by atoms with E-state index in [9.17, 15) is 0 Å². The first-order valence-corrected chi connectivity index (χ1v) is 18.0. The first-order valence-electron chi connectivity index (χ1n) is 16.4. The number of fused-ring (bicyclic) bond motifs is 10. The Bertz CT molecular complexity index is 2500. The van der Waals surface area contributed by atoms with Crippen molar-refractivity contribution in [1.29, 1.82) is 0 Å². The van der Waals surface area contributed by atoms with Crippen molar-refractivity contribution in [3.63, 3.8) is 0 Å². The molecule has 2 aliphatic rings. The van der Waals surface area contributed by atoms with Gasteiger partial charge in [-0.05, 0) is 74.2 Å². The van der Waals surface area contributed by atoms with Gasteiger partial charge in [-0.2, -0.15) is 0 Å². The summed E-state index contributed by atoms with van der Waals surface area (Å²) < 4.78 is 0. The summed E-state index contributed by atoms with van der Waals surface area (Å²) in [5, 5.41) is 0. The van der Waals surface area contributed by atoms with Gasteiger partial charge in [-0.15, -0.1) is 0 Å². The largest absolute Gasteiger partial charge is 0.291 e. The number of para-hydroxylation sites is 4. The Labute approximate surface area is 296 Å². The zero-order valence-electron chi connectivity index (χ0n) is 27.6. The summed E-state index contributed by atoms with van der Waals surface area (Å²) in [7, 11) is 0. The number of aryl methyl sites for hydroxylation is 4.